The molecule has 2 aromatic rings. The smallest absolute Gasteiger partial charge is 0.183 e. The lowest BCUT2D eigenvalue weighted by Gasteiger charge is -2.06. The van der Waals surface area contributed by atoms with Gasteiger partial charge in [-0.25, -0.2) is 4.98 Å². The molecule has 1 aromatic heterocycles. The number of aromatic nitrogens is 2. The van der Waals surface area contributed by atoms with Gasteiger partial charge in [0.1, 0.15) is 17.3 Å². The zero-order valence-corrected chi connectivity index (χ0v) is 10.2. The molecule has 1 heterocycles. The molecule has 0 atom stereocenters. The molecule has 0 unspecified atom stereocenters. The zero-order chi connectivity index (χ0) is 12.5. The molecule has 92 valence electrons. The van der Waals surface area contributed by atoms with Gasteiger partial charge in [0.15, 0.2) is 5.78 Å². The van der Waals surface area contributed by atoms with Crippen molar-refractivity contribution in [2.75, 3.05) is 7.11 Å². The number of benzene rings is 1. The van der Waals surface area contributed by atoms with Crippen LogP contribution in [0.1, 0.15) is 29.0 Å². The third-order valence-electron chi connectivity index (χ3n) is 3.24. The summed E-state index contributed by atoms with van der Waals surface area (Å²) in [7, 11) is 1.64. The van der Waals surface area contributed by atoms with Gasteiger partial charge in [-0.05, 0) is 37.1 Å². The molecule has 1 aliphatic carbocycles. The predicted molar refractivity (Wildman–Crippen MR) is 67.8 cm³/mol. The minimum atomic E-state index is 0.146. The van der Waals surface area contributed by atoms with E-state index in [2.05, 4.69) is 9.97 Å². The molecule has 0 spiro atoms. The lowest BCUT2D eigenvalue weighted by molar-refractivity contribution is 0.0968. The van der Waals surface area contributed by atoms with Crippen molar-refractivity contribution in [3.8, 4) is 17.1 Å². The van der Waals surface area contributed by atoms with E-state index >= 15 is 0 Å². The number of fused-ring (bicyclic) bond motifs is 1. The first-order chi connectivity index (χ1) is 8.78. The number of nitrogens with one attached hydrogen (secondary N) is 1. The van der Waals surface area contributed by atoms with Crippen LogP contribution in [-0.4, -0.2) is 22.9 Å². The third kappa shape index (κ3) is 1.79. The fraction of sp³-hybridized carbons (Fsp3) is 0.286. The molecule has 0 amide bonds. The fourth-order valence-corrected chi connectivity index (χ4v) is 2.25. The molecule has 0 radical (unpaired) electrons. The SMILES string of the molecule is COc1ccc(-c2nc3c([nH]2)CCCC3=O)cc1. The number of imidazole rings is 1. The van der Waals surface area contributed by atoms with Crippen molar-refractivity contribution < 1.29 is 9.53 Å². The van der Waals surface area contributed by atoms with Gasteiger partial charge in [-0.1, -0.05) is 0 Å². The highest BCUT2D eigenvalue weighted by Gasteiger charge is 2.21. The number of hydrogen-bond acceptors (Lipinski definition) is 3. The Morgan fingerprint density at radius 1 is 1.22 bits per heavy atom. The number of aromatic amines is 1. The summed E-state index contributed by atoms with van der Waals surface area (Å²) in [5, 5.41) is 0. The van der Waals surface area contributed by atoms with Crippen LogP contribution < -0.4 is 4.74 Å². The Morgan fingerprint density at radius 2 is 2.00 bits per heavy atom. The topological polar surface area (TPSA) is 55.0 Å². The molecule has 4 heteroatoms. The largest absolute Gasteiger partial charge is 0.497 e. The summed E-state index contributed by atoms with van der Waals surface area (Å²) in [6.45, 7) is 0. The van der Waals surface area contributed by atoms with Gasteiger partial charge >= 0.3 is 0 Å². The molecule has 0 aliphatic heterocycles. The molecule has 0 saturated heterocycles. The van der Waals surface area contributed by atoms with Crippen molar-refractivity contribution in [3.05, 3.63) is 35.7 Å². The Morgan fingerprint density at radius 3 is 2.67 bits per heavy atom. The number of rotatable bonds is 2. The van der Waals surface area contributed by atoms with E-state index in [-0.39, 0.29) is 5.78 Å². The van der Waals surface area contributed by atoms with Crippen molar-refractivity contribution in [1.29, 1.82) is 0 Å². The summed E-state index contributed by atoms with van der Waals surface area (Å²) in [5.41, 5.74) is 2.56. The maximum Gasteiger partial charge on any atom is 0.183 e. The van der Waals surface area contributed by atoms with Crippen molar-refractivity contribution in [2.45, 2.75) is 19.3 Å². The fourth-order valence-electron chi connectivity index (χ4n) is 2.25. The van der Waals surface area contributed by atoms with Gasteiger partial charge in [0.25, 0.3) is 0 Å². The van der Waals surface area contributed by atoms with Gasteiger partial charge in [0.05, 0.1) is 7.11 Å². The monoisotopic (exact) mass is 242 g/mol. The summed E-state index contributed by atoms with van der Waals surface area (Å²) in [5.74, 6) is 1.72. The Kier molecular flexibility index (Phi) is 2.63. The maximum atomic E-state index is 11.7. The predicted octanol–water partition coefficient (Wildman–Crippen LogP) is 2.60. The van der Waals surface area contributed by atoms with E-state index in [1.54, 1.807) is 7.11 Å². The standard InChI is InChI=1S/C14H14N2O2/c1-18-10-7-5-9(6-8-10)14-15-11-3-2-4-12(17)13(11)16-14/h5-8H,2-4H2,1H3,(H,15,16). The first kappa shape index (κ1) is 11.0. The Balaban J connectivity index is 1.99. The Labute approximate surface area is 105 Å². The second-order valence-corrected chi connectivity index (χ2v) is 4.42. The zero-order valence-electron chi connectivity index (χ0n) is 10.2. The summed E-state index contributed by atoms with van der Waals surface area (Å²) < 4.78 is 5.12. The van der Waals surface area contributed by atoms with Gasteiger partial charge in [0, 0.05) is 17.7 Å². The number of ether oxygens (including phenoxy) is 1. The van der Waals surface area contributed by atoms with Crippen molar-refractivity contribution in [2.24, 2.45) is 0 Å². The molecule has 4 nitrogen and oxygen atoms in total. The van der Waals surface area contributed by atoms with Gasteiger partial charge in [-0.15, -0.1) is 0 Å². The van der Waals surface area contributed by atoms with Gasteiger partial charge in [0.2, 0.25) is 0 Å². The number of hydrogen-bond donors (Lipinski definition) is 1. The van der Waals surface area contributed by atoms with E-state index in [1.807, 2.05) is 24.3 Å². The van der Waals surface area contributed by atoms with Crippen LogP contribution >= 0.6 is 0 Å². The quantitative estimate of drug-likeness (QED) is 0.880. The molecule has 18 heavy (non-hydrogen) atoms. The summed E-state index contributed by atoms with van der Waals surface area (Å²) in [4.78, 5) is 19.4. The molecule has 0 fully saturated rings. The van der Waals surface area contributed by atoms with Crippen LogP contribution in [0.4, 0.5) is 0 Å². The third-order valence-corrected chi connectivity index (χ3v) is 3.24. The van der Waals surface area contributed by atoms with Crippen molar-refractivity contribution in [3.63, 3.8) is 0 Å². The number of carbonyl (C=O) groups is 1. The van der Waals surface area contributed by atoms with Crippen LogP contribution in [0.2, 0.25) is 0 Å². The molecular weight excluding hydrogens is 228 g/mol. The van der Waals surface area contributed by atoms with E-state index < -0.39 is 0 Å². The van der Waals surface area contributed by atoms with Gasteiger partial charge < -0.3 is 9.72 Å². The van der Waals surface area contributed by atoms with E-state index in [0.29, 0.717) is 12.1 Å². The highest BCUT2D eigenvalue weighted by atomic mass is 16.5. The number of Topliss-reactive ketones (excluding diaryl/α,β-unsaturated/α-hetero) is 1. The minimum Gasteiger partial charge on any atom is -0.497 e. The first-order valence-corrected chi connectivity index (χ1v) is 6.04. The Hall–Kier alpha value is -2.10. The van der Waals surface area contributed by atoms with Crippen LogP contribution in [0.5, 0.6) is 5.75 Å². The summed E-state index contributed by atoms with van der Waals surface area (Å²) in [6.07, 6.45) is 2.43. The molecule has 0 saturated carbocycles. The van der Waals surface area contributed by atoms with Crippen LogP contribution in [0.3, 0.4) is 0 Å². The second kappa shape index (κ2) is 4.29. The first-order valence-electron chi connectivity index (χ1n) is 6.04. The van der Waals surface area contributed by atoms with E-state index in [4.69, 9.17) is 4.74 Å². The number of ketones is 1. The number of methoxy groups -OCH3 is 1. The second-order valence-electron chi connectivity index (χ2n) is 4.42. The van der Waals surface area contributed by atoms with E-state index in [1.165, 1.54) is 0 Å². The van der Waals surface area contributed by atoms with Gasteiger partial charge in [-0.3, -0.25) is 4.79 Å². The number of nitrogens with zero attached hydrogens (tertiary/aromatic N) is 1. The maximum absolute atomic E-state index is 11.7. The summed E-state index contributed by atoms with van der Waals surface area (Å²) >= 11 is 0. The van der Waals surface area contributed by atoms with Crippen LogP contribution in [0.15, 0.2) is 24.3 Å². The number of H-pyrrole nitrogens is 1. The highest BCUT2D eigenvalue weighted by Crippen LogP contribution is 2.25. The molecule has 1 aliphatic rings. The number of carbonyl (C=O) groups excluding carboxylic acids is 1. The normalized spacial score (nSPS) is 14.4. The molecule has 3 rings (SSSR count). The lowest BCUT2D eigenvalue weighted by Crippen LogP contribution is -2.09. The average Bonchev–Trinajstić information content (AvgIpc) is 2.84. The van der Waals surface area contributed by atoms with E-state index in [9.17, 15) is 4.79 Å². The van der Waals surface area contributed by atoms with Gasteiger partial charge in [-0.2, -0.15) is 0 Å². The lowest BCUT2D eigenvalue weighted by atomic mass is 10.0. The van der Waals surface area contributed by atoms with Crippen LogP contribution in [-0.2, 0) is 6.42 Å². The molecule has 1 N–H and O–H groups in total. The van der Waals surface area contributed by atoms with Crippen molar-refractivity contribution in [1.82, 2.24) is 9.97 Å². The average molecular weight is 242 g/mol. The van der Waals surface area contributed by atoms with Crippen LogP contribution in [0.25, 0.3) is 11.4 Å². The Bertz CT molecular complexity index is 584. The highest BCUT2D eigenvalue weighted by molar-refractivity contribution is 5.96. The molecular formula is C14H14N2O2. The van der Waals surface area contributed by atoms with Crippen LogP contribution in [0, 0.1) is 0 Å². The van der Waals surface area contributed by atoms with E-state index in [0.717, 1.165) is 35.7 Å². The number of aryl methyl sites for hydroxylation is 1. The van der Waals surface area contributed by atoms with Crippen molar-refractivity contribution >= 4 is 5.78 Å². The molecule has 0 bridgehead atoms. The minimum absolute atomic E-state index is 0.146. The summed E-state index contributed by atoms with van der Waals surface area (Å²) in [6, 6.07) is 7.65. The molecule has 1 aromatic carbocycles.